The van der Waals surface area contributed by atoms with Crippen LogP contribution in [0.2, 0.25) is 0 Å². The summed E-state index contributed by atoms with van der Waals surface area (Å²) in [5, 5.41) is 35.2. The molecule has 3 aromatic carbocycles. The monoisotopic (exact) mass is 622 g/mol. The number of unbranched alkanes of at least 4 members (excludes halogenated alkanes) is 3. The zero-order chi connectivity index (χ0) is 32.1. The number of hydroxylamine groups is 1. The summed E-state index contributed by atoms with van der Waals surface area (Å²) in [6.45, 7) is 3.68. The summed E-state index contributed by atoms with van der Waals surface area (Å²) >= 11 is 0. The van der Waals surface area contributed by atoms with E-state index in [0.717, 1.165) is 53.4 Å². The minimum atomic E-state index is -0.374. The predicted molar refractivity (Wildman–Crippen MR) is 174 cm³/mol. The van der Waals surface area contributed by atoms with Crippen molar-refractivity contribution in [2.45, 2.75) is 52.1 Å². The molecule has 46 heavy (non-hydrogen) atoms. The maximum atomic E-state index is 12.4. The van der Waals surface area contributed by atoms with E-state index < -0.39 is 0 Å². The molecule has 2 heterocycles. The molecule has 0 radical (unpaired) electrons. The van der Waals surface area contributed by atoms with E-state index in [4.69, 9.17) is 5.21 Å². The van der Waals surface area contributed by atoms with Gasteiger partial charge in [0.15, 0.2) is 0 Å². The molecule has 13 nitrogen and oxygen atoms in total. The van der Waals surface area contributed by atoms with Gasteiger partial charge in [-0.2, -0.15) is 0 Å². The molecule has 5 aromatic rings. The average Bonchev–Trinajstić information content (AvgIpc) is 3.77. The standard InChI is InChI=1S/C33H38N10O3/c1-24-7-11-26(12-8-24)35-20-28-22-42(40-37-28)30-15-17-31(18-16-30)43-23-29(38-41-43)21-36-27-13-9-25(10-14-27)33(45)34-19-5-3-2-4-6-32(44)39-46/h7-18,22-23,35-36,46H,2-6,19-21H2,1H3,(H,34,45)(H,39,44). The smallest absolute Gasteiger partial charge is 0.251 e. The number of carbonyl (C=O) groups excluding carboxylic acids is 2. The number of rotatable bonds is 16. The van der Waals surface area contributed by atoms with Crippen molar-refractivity contribution in [1.82, 2.24) is 40.8 Å². The van der Waals surface area contributed by atoms with Gasteiger partial charge in [0.25, 0.3) is 5.91 Å². The van der Waals surface area contributed by atoms with E-state index in [1.165, 1.54) is 5.56 Å². The van der Waals surface area contributed by atoms with Crippen LogP contribution in [0.5, 0.6) is 0 Å². The summed E-state index contributed by atoms with van der Waals surface area (Å²) in [7, 11) is 0. The second-order valence-electron chi connectivity index (χ2n) is 10.9. The lowest BCUT2D eigenvalue weighted by Gasteiger charge is -2.07. The molecule has 0 unspecified atom stereocenters. The van der Waals surface area contributed by atoms with E-state index in [0.29, 0.717) is 38.0 Å². The van der Waals surface area contributed by atoms with E-state index in [1.807, 2.05) is 60.9 Å². The van der Waals surface area contributed by atoms with Crippen LogP contribution >= 0.6 is 0 Å². The fourth-order valence-electron chi connectivity index (χ4n) is 4.69. The summed E-state index contributed by atoms with van der Waals surface area (Å²) in [5.74, 6) is -0.499. The van der Waals surface area contributed by atoms with Crippen molar-refractivity contribution in [2.24, 2.45) is 0 Å². The Kier molecular flexibility index (Phi) is 11.0. The molecule has 13 heteroatoms. The van der Waals surface area contributed by atoms with Crippen LogP contribution in [0.4, 0.5) is 11.4 Å². The summed E-state index contributed by atoms with van der Waals surface area (Å²) in [6.07, 6.45) is 7.37. The lowest BCUT2D eigenvalue weighted by molar-refractivity contribution is -0.129. The molecule has 0 aliphatic heterocycles. The normalized spacial score (nSPS) is 10.8. The van der Waals surface area contributed by atoms with Crippen LogP contribution in [0.25, 0.3) is 11.4 Å². The molecule has 0 aliphatic carbocycles. The highest BCUT2D eigenvalue weighted by atomic mass is 16.5. The van der Waals surface area contributed by atoms with Gasteiger partial charge in [0.2, 0.25) is 5.91 Å². The van der Waals surface area contributed by atoms with Gasteiger partial charge in [0.1, 0.15) is 11.4 Å². The molecule has 0 spiro atoms. The Labute approximate surface area is 267 Å². The molecule has 0 fully saturated rings. The van der Waals surface area contributed by atoms with Gasteiger partial charge in [-0.25, -0.2) is 14.8 Å². The van der Waals surface area contributed by atoms with Gasteiger partial charge in [-0.3, -0.25) is 14.8 Å². The quantitative estimate of drug-likeness (QED) is 0.0603. The third-order valence-corrected chi connectivity index (χ3v) is 7.35. The number of amides is 2. The van der Waals surface area contributed by atoms with Crippen molar-refractivity contribution in [3.8, 4) is 11.4 Å². The molecule has 5 N–H and O–H groups in total. The highest BCUT2D eigenvalue weighted by Crippen LogP contribution is 2.15. The molecule has 2 amide bonds. The fourth-order valence-corrected chi connectivity index (χ4v) is 4.69. The molecule has 0 saturated heterocycles. The van der Waals surface area contributed by atoms with Crippen LogP contribution in [0, 0.1) is 6.92 Å². The van der Waals surface area contributed by atoms with Crippen LogP contribution in [-0.4, -0.2) is 53.6 Å². The molecule has 2 aromatic heterocycles. The van der Waals surface area contributed by atoms with Crippen molar-refractivity contribution in [3.63, 3.8) is 0 Å². The summed E-state index contributed by atoms with van der Waals surface area (Å²) < 4.78 is 3.47. The van der Waals surface area contributed by atoms with Crippen molar-refractivity contribution in [1.29, 1.82) is 0 Å². The molecule has 0 bridgehead atoms. The SMILES string of the molecule is Cc1ccc(NCc2cn(-c3ccc(-n4cc(CNc5ccc(C(=O)NCCCCCCC(=O)NO)cc5)nn4)cc3)nn2)cc1. The summed E-state index contributed by atoms with van der Waals surface area (Å²) in [5.41, 5.74) is 8.69. The second kappa shape index (κ2) is 16.0. The average molecular weight is 623 g/mol. The third kappa shape index (κ3) is 9.22. The Morgan fingerprint density at radius 2 is 1.22 bits per heavy atom. The van der Waals surface area contributed by atoms with Gasteiger partial charge in [0, 0.05) is 29.9 Å². The number of aryl methyl sites for hydroxylation is 1. The van der Waals surface area contributed by atoms with Crippen molar-refractivity contribution in [3.05, 3.63) is 108 Å². The lowest BCUT2D eigenvalue weighted by Crippen LogP contribution is -2.24. The topological polar surface area (TPSA) is 164 Å². The van der Waals surface area contributed by atoms with Crippen LogP contribution in [0.1, 0.15) is 59.4 Å². The van der Waals surface area contributed by atoms with Gasteiger partial charge in [-0.05, 0) is 80.4 Å². The van der Waals surface area contributed by atoms with Gasteiger partial charge in [-0.1, -0.05) is 41.0 Å². The third-order valence-electron chi connectivity index (χ3n) is 7.35. The predicted octanol–water partition coefficient (Wildman–Crippen LogP) is 4.57. The second-order valence-corrected chi connectivity index (χ2v) is 10.9. The molecular weight excluding hydrogens is 584 g/mol. The molecule has 0 saturated carbocycles. The Bertz CT molecular complexity index is 1700. The van der Waals surface area contributed by atoms with E-state index in [1.54, 1.807) is 27.0 Å². The summed E-state index contributed by atoms with van der Waals surface area (Å²) in [4.78, 5) is 23.4. The minimum absolute atomic E-state index is 0.125. The van der Waals surface area contributed by atoms with Crippen LogP contribution in [0.3, 0.4) is 0 Å². The largest absolute Gasteiger partial charge is 0.379 e. The number of hydrogen-bond donors (Lipinski definition) is 5. The van der Waals surface area contributed by atoms with E-state index in [2.05, 4.69) is 55.6 Å². The zero-order valence-electron chi connectivity index (χ0n) is 25.7. The Hall–Kier alpha value is -5.56. The first-order valence-electron chi connectivity index (χ1n) is 15.3. The molecule has 238 valence electrons. The number of nitrogens with one attached hydrogen (secondary N) is 4. The maximum Gasteiger partial charge on any atom is 0.251 e. The first-order chi connectivity index (χ1) is 22.5. The van der Waals surface area contributed by atoms with Crippen molar-refractivity contribution >= 4 is 23.2 Å². The molecule has 5 rings (SSSR count). The maximum absolute atomic E-state index is 12.4. The molecular formula is C33H38N10O3. The number of anilines is 2. The molecule has 0 atom stereocenters. The number of nitrogens with zero attached hydrogens (tertiary/aromatic N) is 6. The Balaban J connectivity index is 1.04. The lowest BCUT2D eigenvalue weighted by atomic mass is 10.1. The Morgan fingerprint density at radius 1 is 0.696 bits per heavy atom. The highest BCUT2D eigenvalue weighted by molar-refractivity contribution is 5.94. The Morgan fingerprint density at radius 3 is 1.76 bits per heavy atom. The van der Waals surface area contributed by atoms with Gasteiger partial charge in [0.05, 0.1) is 36.9 Å². The van der Waals surface area contributed by atoms with Crippen LogP contribution in [-0.2, 0) is 17.9 Å². The number of hydrogen-bond acceptors (Lipinski definition) is 9. The number of aromatic nitrogens is 6. The van der Waals surface area contributed by atoms with Crippen molar-refractivity contribution in [2.75, 3.05) is 17.2 Å². The van der Waals surface area contributed by atoms with Gasteiger partial charge < -0.3 is 16.0 Å². The van der Waals surface area contributed by atoms with E-state index >= 15 is 0 Å². The van der Waals surface area contributed by atoms with Gasteiger partial charge >= 0.3 is 0 Å². The number of carbonyl (C=O) groups is 2. The van der Waals surface area contributed by atoms with Crippen molar-refractivity contribution < 1.29 is 14.8 Å². The minimum Gasteiger partial charge on any atom is -0.379 e. The summed E-state index contributed by atoms with van der Waals surface area (Å²) in [6, 6.07) is 23.3. The first-order valence-corrected chi connectivity index (χ1v) is 15.3. The van der Waals surface area contributed by atoms with E-state index in [9.17, 15) is 9.59 Å². The van der Waals surface area contributed by atoms with Gasteiger partial charge in [-0.15, -0.1) is 10.2 Å². The van der Waals surface area contributed by atoms with E-state index in [-0.39, 0.29) is 11.8 Å². The highest BCUT2D eigenvalue weighted by Gasteiger charge is 2.08. The number of benzene rings is 3. The van der Waals surface area contributed by atoms with Crippen LogP contribution < -0.4 is 21.4 Å². The van der Waals surface area contributed by atoms with Crippen LogP contribution in [0.15, 0.2) is 85.2 Å². The first kappa shape index (κ1) is 31.9. The zero-order valence-corrected chi connectivity index (χ0v) is 25.7. The fraction of sp³-hybridized carbons (Fsp3) is 0.273. The molecule has 0 aliphatic rings.